The number of fused-ring (bicyclic) bond motifs is 1. The zero-order chi connectivity index (χ0) is 21.2. The van der Waals surface area contributed by atoms with Crippen LogP contribution in [0.3, 0.4) is 0 Å². The van der Waals surface area contributed by atoms with E-state index in [-0.39, 0.29) is 12.8 Å². The normalized spacial score (nSPS) is 13.0. The Morgan fingerprint density at radius 3 is 2.48 bits per heavy atom. The highest BCUT2D eigenvalue weighted by molar-refractivity contribution is 7.98. The molecular formula is C19H25ClN4O4S. The lowest BCUT2D eigenvalue weighted by atomic mass is 9.98. The summed E-state index contributed by atoms with van der Waals surface area (Å²) in [5.74, 6) is -0.400. The maximum atomic E-state index is 9.64. The van der Waals surface area contributed by atoms with E-state index < -0.39 is 11.9 Å². The van der Waals surface area contributed by atoms with Crippen molar-refractivity contribution in [1.29, 1.82) is 0 Å². The second-order valence-corrected chi connectivity index (χ2v) is 7.76. The van der Waals surface area contributed by atoms with Crippen LogP contribution in [0.25, 0.3) is 0 Å². The van der Waals surface area contributed by atoms with Crippen molar-refractivity contribution in [3.05, 3.63) is 39.7 Å². The number of nitrogens with one attached hydrogen (secondary N) is 2. The zero-order valence-electron chi connectivity index (χ0n) is 16.2. The SMILES string of the molecule is CCc1nc(SCc2c(Cl)ccc3c2CCNCC3)n[nH]1.O=C(O)CCC(=O)O. The highest BCUT2D eigenvalue weighted by atomic mass is 35.5. The fourth-order valence-corrected chi connectivity index (χ4v) is 4.04. The quantitative estimate of drug-likeness (QED) is 0.484. The van der Waals surface area contributed by atoms with Crippen molar-refractivity contribution in [3.63, 3.8) is 0 Å². The average Bonchev–Trinajstić information content (AvgIpc) is 3.02. The number of nitrogens with zero attached hydrogens (tertiary/aromatic N) is 2. The van der Waals surface area contributed by atoms with Gasteiger partial charge in [-0.3, -0.25) is 14.7 Å². The van der Waals surface area contributed by atoms with Gasteiger partial charge in [0.2, 0.25) is 5.16 Å². The summed E-state index contributed by atoms with van der Waals surface area (Å²) in [6, 6.07) is 4.19. The van der Waals surface area contributed by atoms with Crippen LogP contribution in [0.15, 0.2) is 17.3 Å². The lowest BCUT2D eigenvalue weighted by Crippen LogP contribution is -2.16. The number of rotatable bonds is 7. The summed E-state index contributed by atoms with van der Waals surface area (Å²) < 4.78 is 0. The summed E-state index contributed by atoms with van der Waals surface area (Å²) >= 11 is 8.08. The number of H-pyrrole nitrogens is 1. The highest BCUT2D eigenvalue weighted by Gasteiger charge is 2.15. The topological polar surface area (TPSA) is 128 Å². The van der Waals surface area contributed by atoms with E-state index in [1.807, 2.05) is 6.07 Å². The Labute approximate surface area is 178 Å². The number of carboxylic acids is 2. The van der Waals surface area contributed by atoms with Gasteiger partial charge in [0.15, 0.2) is 0 Å². The molecule has 0 aliphatic carbocycles. The minimum atomic E-state index is -1.08. The molecule has 4 N–H and O–H groups in total. The standard InChI is InChI=1S/C15H19ClN4S.C4H6O4/c1-2-14-18-15(20-19-14)21-9-12-11-6-8-17-7-5-10(11)3-4-13(12)16;5-3(6)1-2-4(7)8/h3-4,17H,2,5-9H2,1H3,(H,18,19,20);1-2H2,(H,5,6)(H,7,8). The van der Waals surface area contributed by atoms with E-state index in [0.717, 1.165) is 54.1 Å². The third-order valence-corrected chi connectivity index (χ3v) is 5.57. The van der Waals surface area contributed by atoms with Crippen LogP contribution in [0.1, 0.15) is 42.3 Å². The molecule has 1 aromatic heterocycles. The van der Waals surface area contributed by atoms with Gasteiger partial charge in [-0.25, -0.2) is 4.98 Å². The molecular weight excluding hydrogens is 416 g/mol. The molecule has 1 aromatic carbocycles. The molecule has 0 spiro atoms. The smallest absolute Gasteiger partial charge is 0.303 e. The summed E-state index contributed by atoms with van der Waals surface area (Å²) in [5, 5.41) is 28.1. The van der Waals surface area contributed by atoms with E-state index in [2.05, 4.69) is 33.5 Å². The predicted octanol–water partition coefficient (Wildman–Crippen LogP) is 2.94. The lowest BCUT2D eigenvalue weighted by Gasteiger charge is -2.13. The second kappa shape index (κ2) is 11.8. The molecule has 0 atom stereocenters. The van der Waals surface area contributed by atoms with Crippen molar-refractivity contribution < 1.29 is 19.8 Å². The molecule has 158 valence electrons. The molecule has 29 heavy (non-hydrogen) atoms. The summed E-state index contributed by atoms with van der Waals surface area (Å²) in [5.41, 5.74) is 4.07. The molecule has 0 saturated carbocycles. The van der Waals surface area contributed by atoms with Gasteiger partial charge in [-0.2, -0.15) is 0 Å². The van der Waals surface area contributed by atoms with Crippen molar-refractivity contribution >= 4 is 35.3 Å². The number of hydrogen-bond donors (Lipinski definition) is 4. The number of aryl methyl sites for hydroxylation is 1. The lowest BCUT2D eigenvalue weighted by molar-refractivity contribution is -0.143. The number of aromatic amines is 1. The number of carboxylic acid groups (broad SMARTS) is 2. The maximum absolute atomic E-state index is 9.64. The molecule has 0 amide bonds. The van der Waals surface area contributed by atoms with Crippen LogP contribution in [-0.2, 0) is 34.6 Å². The van der Waals surface area contributed by atoms with Crippen molar-refractivity contribution in [2.24, 2.45) is 0 Å². The van der Waals surface area contributed by atoms with E-state index in [1.165, 1.54) is 16.7 Å². The molecule has 1 aliphatic heterocycles. The summed E-state index contributed by atoms with van der Waals surface area (Å²) in [6.45, 7) is 4.13. The van der Waals surface area contributed by atoms with Crippen molar-refractivity contribution in [1.82, 2.24) is 20.5 Å². The van der Waals surface area contributed by atoms with Crippen LogP contribution < -0.4 is 5.32 Å². The molecule has 0 radical (unpaired) electrons. The second-order valence-electron chi connectivity index (χ2n) is 6.41. The molecule has 1 aliphatic rings. The van der Waals surface area contributed by atoms with Crippen molar-refractivity contribution in [2.45, 2.75) is 49.9 Å². The van der Waals surface area contributed by atoms with Gasteiger partial charge in [0.05, 0.1) is 12.8 Å². The van der Waals surface area contributed by atoms with E-state index in [0.29, 0.717) is 0 Å². The Kier molecular flexibility index (Phi) is 9.43. The summed E-state index contributed by atoms with van der Waals surface area (Å²) in [4.78, 5) is 23.7. The van der Waals surface area contributed by atoms with Crippen LogP contribution in [0.2, 0.25) is 5.02 Å². The molecule has 3 rings (SSSR count). The van der Waals surface area contributed by atoms with Crippen LogP contribution in [0.4, 0.5) is 0 Å². The number of aliphatic carboxylic acids is 2. The highest BCUT2D eigenvalue weighted by Crippen LogP contribution is 2.30. The van der Waals surface area contributed by atoms with Crippen LogP contribution in [0, 0.1) is 0 Å². The van der Waals surface area contributed by atoms with Gasteiger partial charge in [0.1, 0.15) is 5.82 Å². The Morgan fingerprint density at radius 2 is 1.86 bits per heavy atom. The van der Waals surface area contributed by atoms with Crippen molar-refractivity contribution in [2.75, 3.05) is 13.1 Å². The van der Waals surface area contributed by atoms with Crippen LogP contribution >= 0.6 is 23.4 Å². The number of benzene rings is 1. The monoisotopic (exact) mass is 440 g/mol. The van der Waals surface area contributed by atoms with Gasteiger partial charge >= 0.3 is 11.9 Å². The number of aromatic nitrogens is 3. The molecule has 8 nitrogen and oxygen atoms in total. The largest absolute Gasteiger partial charge is 0.481 e. The third-order valence-electron chi connectivity index (χ3n) is 4.34. The van der Waals surface area contributed by atoms with E-state index in [1.54, 1.807) is 11.8 Å². The molecule has 0 fully saturated rings. The molecule has 10 heteroatoms. The van der Waals surface area contributed by atoms with Gasteiger partial charge < -0.3 is 15.5 Å². The van der Waals surface area contributed by atoms with E-state index in [4.69, 9.17) is 21.8 Å². The zero-order valence-corrected chi connectivity index (χ0v) is 17.8. The number of halogens is 1. The fraction of sp³-hybridized carbons (Fsp3) is 0.474. The number of thioether (sulfide) groups is 1. The summed E-state index contributed by atoms with van der Waals surface area (Å²) in [6.07, 6.45) is 2.40. The van der Waals surface area contributed by atoms with Gasteiger partial charge in [-0.1, -0.05) is 36.4 Å². The fourth-order valence-electron chi connectivity index (χ4n) is 2.83. The van der Waals surface area contributed by atoms with Gasteiger partial charge in [-0.15, -0.1) is 5.10 Å². The van der Waals surface area contributed by atoms with Crippen LogP contribution in [0.5, 0.6) is 0 Å². The Bertz CT molecular complexity index is 830. The third kappa shape index (κ3) is 7.68. The van der Waals surface area contributed by atoms with Gasteiger partial charge in [0, 0.05) is 17.2 Å². The first-order valence-corrected chi connectivity index (χ1v) is 10.7. The number of carbonyl (C=O) groups is 2. The number of hydrogen-bond acceptors (Lipinski definition) is 6. The first kappa shape index (κ1) is 23.2. The maximum Gasteiger partial charge on any atom is 0.303 e. The van der Waals surface area contributed by atoms with E-state index in [9.17, 15) is 9.59 Å². The molecule has 0 unspecified atom stereocenters. The minimum Gasteiger partial charge on any atom is -0.481 e. The molecule has 0 saturated heterocycles. The molecule has 0 bridgehead atoms. The van der Waals surface area contributed by atoms with Crippen molar-refractivity contribution in [3.8, 4) is 0 Å². The molecule has 2 heterocycles. The Morgan fingerprint density at radius 1 is 1.17 bits per heavy atom. The Hall–Kier alpha value is -2.10. The first-order valence-electron chi connectivity index (χ1n) is 9.38. The van der Waals surface area contributed by atoms with E-state index >= 15 is 0 Å². The minimum absolute atomic E-state index is 0.296. The first-order chi connectivity index (χ1) is 13.9. The molecule has 2 aromatic rings. The Balaban J connectivity index is 0.000000321. The van der Waals surface area contributed by atoms with Gasteiger partial charge in [0.25, 0.3) is 0 Å². The predicted molar refractivity (Wildman–Crippen MR) is 112 cm³/mol. The van der Waals surface area contributed by atoms with Gasteiger partial charge in [-0.05, 0) is 48.7 Å². The average molecular weight is 441 g/mol. The summed E-state index contributed by atoms with van der Waals surface area (Å²) in [7, 11) is 0. The van der Waals surface area contributed by atoms with Crippen LogP contribution in [-0.4, -0.2) is 50.4 Å².